The molecule has 0 radical (unpaired) electrons. The number of hydrogen-bond donors (Lipinski definition) is 1. The summed E-state index contributed by atoms with van der Waals surface area (Å²) in [7, 11) is 4.36. The molecule has 0 aliphatic carbocycles. The Morgan fingerprint density at radius 2 is 1.19 bits per heavy atom. The van der Waals surface area contributed by atoms with E-state index >= 15 is 0 Å². The van der Waals surface area contributed by atoms with Gasteiger partial charge in [-0.05, 0) is 49.2 Å². The number of carbonyl (C=O) groups is 1. The monoisotopic (exact) mass is 729 g/mol. The number of benzene rings is 5. The van der Waals surface area contributed by atoms with Crippen molar-refractivity contribution in [3.05, 3.63) is 144 Å². The molecule has 0 saturated carbocycles. The van der Waals surface area contributed by atoms with Gasteiger partial charge in [-0.3, -0.25) is 4.79 Å². The van der Waals surface area contributed by atoms with Crippen molar-refractivity contribution in [1.29, 1.82) is 0 Å². The standard InChI is InChI=1S/C47H47N5OS/c1-8-52(9-2)33-28-29-36-37(30-33)48-45(49-44(53)46(3,4)5)54-47(36,40-34-24-16-18-26-38(34)50(6)42(40)31-20-12-10-13-21-31)41-35-25-17-19-27-39(35)51(7)43(41)32-22-14-11-15-23-32/h10-30H,8-9H2,1-7H3,(H,48,49,53). The van der Waals surface area contributed by atoms with Gasteiger partial charge in [0.2, 0.25) is 5.91 Å². The Kier molecular flexibility index (Phi) is 9.01. The first kappa shape index (κ1) is 35.5. The van der Waals surface area contributed by atoms with Crippen molar-refractivity contribution in [3.8, 4) is 22.5 Å². The molecule has 3 heterocycles. The number of aromatic nitrogens is 2. The molecule has 7 aromatic rings. The first-order valence-electron chi connectivity index (χ1n) is 18.8. The number of para-hydroxylation sites is 2. The van der Waals surface area contributed by atoms with Gasteiger partial charge in [0, 0.05) is 76.8 Å². The van der Waals surface area contributed by atoms with Crippen LogP contribution in [0.4, 0.5) is 11.4 Å². The third kappa shape index (κ3) is 5.64. The van der Waals surface area contributed by atoms with Gasteiger partial charge in [0.25, 0.3) is 0 Å². The summed E-state index contributed by atoms with van der Waals surface area (Å²) in [6, 6.07) is 45.7. The maximum atomic E-state index is 14.0. The molecular weight excluding hydrogens is 683 g/mol. The van der Waals surface area contributed by atoms with Crippen LogP contribution in [0.1, 0.15) is 51.3 Å². The number of nitrogens with zero attached hydrogens (tertiary/aromatic N) is 4. The van der Waals surface area contributed by atoms with E-state index < -0.39 is 10.2 Å². The summed E-state index contributed by atoms with van der Waals surface area (Å²) in [6.07, 6.45) is 0. The molecular formula is C47H47N5OS. The van der Waals surface area contributed by atoms with Gasteiger partial charge in [-0.15, -0.1) is 0 Å². The molecule has 2 aromatic heterocycles. The van der Waals surface area contributed by atoms with Crippen LogP contribution in [0.5, 0.6) is 0 Å². The molecule has 0 unspecified atom stereocenters. The molecule has 1 amide bonds. The molecule has 0 atom stereocenters. The summed E-state index contributed by atoms with van der Waals surface area (Å²) in [5.74, 6) is -0.0756. The average Bonchev–Trinajstić information content (AvgIpc) is 3.66. The molecule has 8 rings (SSSR count). The Bertz CT molecular complexity index is 2430. The minimum absolute atomic E-state index is 0.0756. The number of nitrogens with one attached hydrogen (secondary N) is 1. The maximum Gasteiger partial charge on any atom is 0.231 e. The van der Waals surface area contributed by atoms with E-state index in [4.69, 9.17) is 4.99 Å². The minimum atomic E-state index is -0.891. The van der Waals surface area contributed by atoms with Crippen molar-refractivity contribution in [1.82, 2.24) is 14.5 Å². The molecule has 1 aliphatic heterocycles. The number of carbonyl (C=O) groups excluding carboxylic acids is 1. The highest BCUT2D eigenvalue weighted by Crippen LogP contribution is 2.62. The van der Waals surface area contributed by atoms with Gasteiger partial charge in [-0.1, -0.05) is 136 Å². The van der Waals surface area contributed by atoms with Gasteiger partial charge in [0.15, 0.2) is 5.17 Å². The summed E-state index contributed by atoms with van der Waals surface area (Å²) in [4.78, 5) is 21.7. The van der Waals surface area contributed by atoms with Crippen molar-refractivity contribution >= 4 is 56.0 Å². The number of thioether (sulfide) groups is 1. The fourth-order valence-corrected chi connectivity index (χ4v) is 9.71. The van der Waals surface area contributed by atoms with Crippen molar-refractivity contribution in [3.63, 3.8) is 0 Å². The zero-order valence-corrected chi connectivity index (χ0v) is 33.0. The summed E-state index contributed by atoms with van der Waals surface area (Å²) < 4.78 is 3.80. The molecule has 0 fully saturated rings. The second-order valence-corrected chi connectivity index (χ2v) is 16.3. The molecule has 0 spiro atoms. The molecule has 0 bridgehead atoms. The highest BCUT2D eigenvalue weighted by molar-refractivity contribution is 8.15. The third-order valence-corrected chi connectivity index (χ3v) is 12.2. The largest absolute Gasteiger partial charge is 0.372 e. The van der Waals surface area contributed by atoms with Crippen LogP contribution in [-0.2, 0) is 23.6 Å². The van der Waals surface area contributed by atoms with Crippen LogP contribution in [0.3, 0.4) is 0 Å². The van der Waals surface area contributed by atoms with E-state index in [0.717, 1.165) is 74.3 Å². The molecule has 1 N–H and O–H groups in total. The Morgan fingerprint density at radius 3 is 1.67 bits per heavy atom. The molecule has 1 aliphatic rings. The zero-order valence-electron chi connectivity index (χ0n) is 32.1. The lowest BCUT2D eigenvalue weighted by Gasteiger charge is -2.40. The van der Waals surface area contributed by atoms with Gasteiger partial charge in [-0.2, -0.15) is 0 Å². The summed E-state index contributed by atoms with van der Waals surface area (Å²) in [5, 5.41) is 6.23. The first-order valence-corrected chi connectivity index (χ1v) is 19.6. The second-order valence-electron chi connectivity index (χ2n) is 15.1. The molecule has 0 saturated heterocycles. The molecule has 272 valence electrons. The topological polar surface area (TPSA) is 54.6 Å². The van der Waals surface area contributed by atoms with E-state index in [1.54, 1.807) is 11.8 Å². The van der Waals surface area contributed by atoms with Crippen LogP contribution in [0, 0.1) is 5.41 Å². The van der Waals surface area contributed by atoms with Gasteiger partial charge in [-0.25, -0.2) is 4.99 Å². The summed E-state index contributed by atoms with van der Waals surface area (Å²) in [6.45, 7) is 12.0. The van der Waals surface area contributed by atoms with Crippen molar-refractivity contribution in [2.75, 3.05) is 18.0 Å². The number of aliphatic imine (C=N–C) groups is 1. The number of rotatable bonds is 7. The lowest BCUT2D eigenvalue weighted by molar-refractivity contribution is -0.126. The maximum absolute atomic E-state index is 14.0. The van der Waals surface area contributed by atoms with Gasteiger partial charge in [0.1, 0.15) is 4.75 Å². The average molecular weight is 730 g/mol. The Labute approximate surface area is 322 Å². The van der Waals surface area contributed by atoms with Crippen LogP contribution >= 0.6 is 11.8 Å². The predicted molar refractivity (Wildman–Crippen MR) is 229 cm³/mol. The van der Waals surface area contributed by atoms with E-state index in [1.165, 1.54) is 11.1 Å². The first-order chi connectivity index (χ1) is 26.1. The lowest BCUT2D eigenvalue weighted by atomic mass is 9.78. The number of anilines is 1. The van der Waals surface area contributed by atoms with Crippen LogP contribution in [0.15, 0.2) is 132 Å². The van der Waals surface area contributed by atoms with E-state index in [0.29, 0.717) is 5.17 Å². The van der Waals surface area contributed by atoms with Crippen LogP contribution < -0.4 is 10.2 Å². The van der Waals surface area contributed by atoms with E-state index in [1.807, 2.05) is 20.8 Å². The van der Waals surface area contributed by atoms with Crippen LogP contribution in [-0.4, -0.2) is 33.3 Å². The third-order valence-electron chi connectivity index (χ3n) is 10.9. The van der Waals surface area contributed by atoms with Crippen molar-refractivity contribution < 1.29 is 4.79 Å². The van der Waals surface area contributed by atoms with Gasteiger partial charge in [0.05, 0.1) is 17.1 Å². The number of hydrogen-bond acceptors (Lipinski definition) is 4. The van der Waals surface area contributed by atoms with E-state index in [-0.39, 0.29) is 5.91 Å². The Morgan fingerprint density at radius 1 is 0.704 bits per heavy atom. The fraction of sp³-hybridized carbons (Fsp3) is 0.234. The zero-order chi connectivity index (χ0) is 37.8. The number of fused-ring (bicyclic) bond motifs is 3. The number of aryl methyl sites for hydroxylation is 2. The molecule has 54 heavy (non-hydrogen) atoms. The predicted octanol–water partition coefficient (Wildman–Crippen LogP) is 11.0. The smallest absolute Gasteiger partial charge is 0.231 e. The molecule has 7 heteroatoms. The van der Waals surface area contributed by atoms with Crippen molar-refractivity contribution in [2.24, 2.45) is 24.5 Å². The highest BCUT2D eigenvalue weighted by Gasteiger charge is 2.50. The van der Waals surface area contributed by atoms with Gasteiger partial charge < -0.3 is 19.4 Å². The molecule has 6 nitrogen and oxygen atoms in total. The highest BCUT2D eigenvalue weighted by atomic mass is 32.2. The lowest BCUT2D eigenvalue weighted by Crippen LogP contribution is -2.41. The number of amidine groups is 1. The van der Waals surface area contributed by atoms with Crippen molar-refractivity contribution in [2.45, 2.75) is 39.4 Å². The van der Waals surface area contributed by atoms with E-state index in [9.17, 15) is 4.79 Å². The fourth-order valence-electron chi connectivity index (χ4n) is 8.23. The SMILES string of the molecule is CCN(CC)c1ccc2c(c1)N=C(NC(=O)C(C)(C)C)SC2(c1c(-c2ccccc2)n(C)c2ccccc12)c1c(-c2ccccc2)n(C)c2ccccc12. The quantitative estimate of drug-likeness (QED) is 0.178. The Balaban J connectivity index is 1.61. The van der Waals surface area contributed by atoms with E-state index in [2.05, 4.69) is 175 Å². The molecule has 5 aromatic carbocycles. The second kappa shape index (κ2) is 13.7. The number of amides is 1. The van der Waals surface area contributed by atoms with Crippen LogP contribution in [0.2, 0.25) is 0 Å². The minimum Gasteiger partial charge on any atom is -0.372 e. The summed E-state index contributed by atoms with van der Waals surface area (Å²) >= 11 is 1.65. The van der Waals surface area contributed by atoms with Crippen LogP contribution in [0.25, 0.3) is 44.3 Å². The normalized spacial score (nSPS) is 13.9. The van der Waals surface area contributed by atoms with Gasteiger partial charge >= 0.3 is 0 Å². The Hall–Kier alpha value is -5.53. The summed E-state index contributed by atoms with van der Waals surface area (Å²) in [5.41, 5.74) is 11.5.